The van der Waals surface area contributed by atoms with Crippen molar-refractivity contribution in [3.8, 4) is 6.07 Å². The van der Waals surface area contributed by atoms with Crippen LogP contribution >= 0.6 is 0 Å². The van der Waals surface area contributed by atoms with Crippen molar-refractivity contribution in [3.63, 3.8) is 0 Å². The largest absolute Gasteiger partial charge is 0.390 e. The second-order valence-corrected chi connectivity index (χ2v) is 5.00. The van der Waals surface area contributed by atoms with Crippen molar-refractivity contribution in [3.05, 3.63) is 0 Å². The lowest BCUT2D eigenvalue weighted by molar-refractivity contribution is -0.122. The van der Waals surface area contributed by atoms with Crippen LogP contribution in [0.25, 0.3) is 0 Å². The van der Waals surface area contributed by atoms with Gasteiger partial charge >= 0.3 is 0 Å². The number of ketones is 1. The van der Waals surface area contributed by atoms with Crippen molar-refractivity contribution in [2.24, 2.45) is 11.8 Å². The van der Waals surface area contributed by atoms with E-state index >= 15 is 0 Å². The van der Waals surface area contributed by atoms with Gasteiger partial charge in [-0.1, -0.05) is 6.92 Å². The van der Waals surface area contributed by atoms with E-state index in [4.69, 9.17) is 5.26 Å². The molecule has 2 N–H and O–H groups in total. The lowest BCUT2D eigenvalue weighted by atomic mass is 9.89. The molecule has 1 saturated carbocycles. The maximum absolute atomic E-state index is 11.5. The molecule has 4 atom stereocenters. The molecule has 1 aliphatic rings. The average Bonchev–Trinajstić information content (AvgIpc) is 2.49. The Labute approximate surface area is 102 Å². The smallest absolute Gasteiger partial charge is 0.135 e. The van der Waals surface area contributed by atoms with Crippen LogP contribution in [0.2, 0.25) is 0 Å². The molecule has 4 heteroatoms. The Morgan fingerprint density at radius 2 is 2.12 bits per heavy atom. The first-order valence-electron chi connectivity index (χ1n) is 6.32. The summed E-state index contributed by atoms with van der Waals surface area (Å²) in [6, 6.07) is 1.96. The van der Waals surface area contributed by atoms with E-state index in [-0.39, 0.29) is 24.0 Å². The molecule has 1 aliphatic carbocycles. The third-order valence-electron chi connectivity index (χ3n) is 3.71. The van der Waals surface area contributed by atoms with Crippen molar-refractivity contribution in [2.45, 2.75) is 57.7 Å². The molecule has 1 rings (SSSR count). The first-order valence-corrected chi connectivity index (χ1v) is 6.32. The molecule has 0 amide bonds. The summed E-state index contributed by atoms with van der Waals surface area (Å²) in [4.78, 5) is 11.5. The Kier molecular flexibility index (Phi) is 5.60. The van der Waals surface area contributed by atoms with Gasteiger partial charge in [-0.2, -0.15) is 5.26 Å². The van der Waals surface area contributed by atoms with Crippen LogP contribution in [0.1, 0.15) is 45.4 Å². The fraction of sp³-hybridized carbons (Fsp3) is 0.846. The number of nitrogens with zero attached hydrogens (tertiary/aromatic N) is 1. The van der Waals surface area contributed by atoms with Gasteiger partial charge in [-0.3, -0.25) is 4.79 Å². The van der Waals surface area contributed by atoms with Crippen molar-refractivity contribution >= 4 is 5.78 Å². The minimum atomic E-state index is -0.844. The van der Waals surface area contributed by atoms with Crippen LogP contribution in [-0.2, 0) is 4.79 Å². The van der Waals surface area contributed by atoms with E-state index in [1.54, 1.807) is 0 Å². The van der Waals surface area contributed by atoms with E-state index in [9.17, 15) is 15.0 Å². The van der Waals surface area contributed by atoms with Gasteiger partial charge < -0.3 is 10.2 Å². The molecule has 4 nitrogen and oxygen atoms in total. The first-order chi connectivity index (χ1) is 8.06. The monoisotopic (exact) mass is 239 g/mol. The fourth-order valence-corrected chi connectivity index (χ4v) is 2.38. The second-order valence-electron chi connectivity index (χ2n) is 5.00. The van der Waals surface area contributed by atoms with Gasteiger partial charge in [0.1, 0.15) is 5.78 Å². The lowest BCUT2D eigenvalue weighted by Gasteiger charge is -2.25. The molecule has 0 bridgehead atoms. The summed E-state index contributed by atoms with van der Waals surface area (Å²) in [5, 5.41) is 28.2. The molecule has 17 heavy (non-hydrogen) atoms. The van der Waals surface area contributed by atoms with Crippen LogP contribution in [0.3, 0.4) is 0 Å². The zero-order chi connectivity index (χ0) is 12.8. The Morgan fingerprint density at radius 3 is 2.76 bits per heavy atom. The van der Waals surface area contributed by atoms with Crippen LogP contribution in [-0.4, -0.2) is 28.2 Å². The van der Waals surface area contributed by atoms with E-state index in [1.165, 1.54) is 0 Å². The van der Waals surface area contributed by atoms with Gasteiger partial charge in [-0.05, 0) is 31.6 Å². The van der Waals surface area contributed by atoms with E-state index in [2.05, 4.69) is 0 Å². The van der Waals surface area contributed by atoms with Gasteiger partial charge in [-0.25, -0.2) is 0 Å². The number of aliphatic hydroxyl groups is 2. The van der Waals surface area contributed by atoms with Gasteiger partial charge in [-0.15, -0.1) is 0 Å². The molecule has 0 radical (unpaired) electrons. The summed E-state index contributed by atoms with van der Waals surface area (Å²) in [7, 11) is 0. The van der Waals surface area contributed by atoms with Crippen molar-refractivity contribution < 1.29 is 15.0 Å². The molecule has 1 fully saturated rings. The van der Waals surface area contributed by atoms with E-state index in [0.29, 0.717) is 19.3 Å². The number of Topliss-reactive ketones (excluding diaryl/α,β-unsaturated/α-hetero) is 1. The molecule has 4 unspecified atom stereocenters. The quantitative estimate of drug-likeness (QED) is 0.727. The number of hydrogen-bond donors (Lipinski definition) is 2. The summed E-state index contributed by atoms with van der Waals surface area (Å²) in [5.74, 6) is 0.312. The van der Waals surface area contributed by atoms with Gasteiger partial charge in [0.15, 0.2) is 0 Å². The minimum Gasteiger partial charge on any atom is -0.390 e. The summed E-state index contributed by atoms with van der Waals surface area (Å²) in [5.41, 5.74) is 0. The summed E-state index contributed by atoms with van der Waals surface area (Å²) < 4.78 is 0. The van der Waals surface area contributed by atoms with Crippen LogP contribution < -0.4 is 0 Å². The number of nitriles is 1. The van der Waals surface area contributed by atoms with E-state index in [0.717, 1.165) is 12.8 Å². The van der Waals surface area contributed by atoms with Gasteiger partial charge in [0.25, 0.3) is 0 Å². The molecule has 0 aromatic rings. The highest BCUT2D eigenvalue weighted by atomic mass is 16.3. The van der Waals surface area contributed by atoms with Crippen molar-refractivity contribution in [2.75, 3.05) is 0 Å². The summed E-state index contributed by atoms with van der Waals surface area (Å²) >= 11 is 0. The molecule has 96 valence electrons. The third-order valence-corrected chi connectivity index (χ3v) is 3.71. The maximum atomic E-state index is 11.5. The molecular weight excluding hydrogens is 218 g/mol. The normalized spacial score (nSPS) is 29.2. The fourth-order valence-electron chi connectivity index (χ4n) is 2.38. The first kappa shape index (κ1) is 14.1. The molecule has 0 aliphatic heterocycles. The Hall–Kier alpha value is -0.920. The molecule has 0 aromatic carbocycles. The SMILES string of the molecule is CC1CCC(C(O)C(O)CCC#N)CCC1=O. The van der Waals surface area contributed by atoms with Gasteiger partial charge in [0.2, 0.25) is 0 Å². The van der Waals surface area contributed by atoms with Crippen molar-refractivity contribution in [1.29, 1.82) is 5.26 Å². The highest BCUT2D eigenvalue weighted by Gasteiger charge is 2.30. The van der Waals surface area contributed by atoms with Crippen LogP contribution in [0.5, 0.6) is 0 Å². The highest BCUT2D eigenvalue weighted by molar-refractivity contribution is 5.80. The summed E-state index contributed by atoms with van der Waals surface area (Å²) in [6.45, 7) is 1.92. The molecule has 0 heterocycles. The van der Waals surface area contributed by atoms with Gasteiger partial charge in [0, 0.05) is 18.8 Å². The molecule has 0 spiro atoms. The number of carbonyl (C=O) groups is 1. The Bertz CT molecular complexity index is 298. The zero-order valence-electron chi connectivity index (χ0n) is 10.3. The van der Waals surface area contributed by atoms with Crippen molar-refractivity contribution in [1.82, 2.24) is 0 Å². The Morgan fingerprint density at radius 1 is 1.41 bits per heavy atom. The lowest BCUT2D eigenvalue weighted by Crippen LogP contribution is -2.33. The maximum Gasteiger partial charge on any atom is 0.135 e. The number of rotatable bonds is 4. The number of carbonyl (C=O) groups excluding carboxylic acids is 1. The van der Waals surface area contributed by atoms with E-state index in [1.807, 2.05) is 13.0 Å². The third kappa shape index (κ3) is 4.10. The average molecular weight is 239 g/mol. The van der Waals surface area contributed by atoms with Crippen LogP contribution in [0.15, 0.2) is 0 Å². The highest BCUT2D eigenvalue weighted by Crippen LogP contribution is 2.29. The van der Waals surface area contributed by atoms with Crippen LogP contribution in [0.4, 0.5) is 0 Å². The topological polar surface area (TPSA) is 81.3 Å². The Balaban J connectivity index is 2.49. The standard InChI is InChI=1S/C13H21NO3/c1-9-4-5-10(6-7-11(9)15)13(17)12(16)3-2-8-14/h9-10,12-13,16-17H,2-7H2,1H3. The minimum absolute atomic E-state index is 0.0161. The molecule has 0 aromatic heterocycles. The zero-order valence-corrected chi connectivity index (χ0v) is 10.3. The number of aliphatic hydroxyl groups excluding tert-OH is 2. The predicted octanol–water partition coefficient (Wildman–Crippen LogP) is 1.41. The predicted molar refractivity (Wildman–Crippen MR) is 63.0 cm³/mol. The summed E-state index contributed by atoms with van der Waals surface area (Å²) in [6.07, 6.45) is 1.60. The second kappa shape index (κ2) is 6.73. The van der Waals surface area contributed by atoms with Gasteiger partial charge in [0.05, 0.1) is 18.3 Å². The number of hydrogen-bond acceptors (Lipinski definition) is 4. The molecule has 0 saturated heterocycles. The van der Waals surface area contributed by atoms with Crippen LogP contribution in [0, 0.1) is 23.2 Å². The van der Waals surface area contributed by atoms with E-state index < -0.39 is 12.2 Å². The molecular formula is C13H21NO3.